The molecule has 0 saturated heterocycles. The highest BCUT2D eigenvalue weighted by Gasteiger charge is 2.31. The molecule has 0 fully saturated rings. The van der Waals surface area contributed by atoms with Gasteiger partial charge < -0.3 is 5.32 Å². The van der Waals surface area contributed by atoms with Crippen LogP contribution in [0.5, 0.6) is 0 Å². The second kappa shape index (κ2) is 5.85. The highest BCUT2D eigenvalue weighted by molar-refractivity contribution is 6.30. The first-order chi connectivity index (χ1) is 9.41. The fraction of sp³-hybridized carbons (Fsp3) is 0.200. The molecule has 5 heteroatoms. The van der Waals surface area contributed by atoms with Gasteiger partial charge in [-0.2, -0.15) is 13.2 Å². The molecule has 0 aliphatic carbocycles. The van der Waals surface area contributed by atoms with Crippen molar-refractivity contribution in [2.75, 3.05) is 7.05 Å². The third kappa shape index (κ3) is 3.32. The molecule has 1 atom stereocenters. The lowest BCUT2D eigenvalue weighted by atomic mass is 9.97. The minimum atomic E-state index is -4.34. The molecule has 0 aliphatic heterocycles. The van der Waals surface area contributed by atoms with E-state index in [1.165, 1.54) is 6.07 Å². The maximum atomic E-state index is 12.8. The summed E-state index contributed by atoms with van der Waals surface area (Å²) in [4.78, 5) is 0. The lowest BCUT2D eigenvalue weighted by Crippen LogP contribution is -2.18. The zero-order valence-corrected chi connectivity index (χ0v) is 11.5. The molecule has 0 heterocycles. The van der Waals surface area contributed by atoms with Crippen molar-refractivity contribution in [2.45, 2.75) is 12.2 Å². The second-order valence-electron chi connectivity index (χ2n) is 4.40. The number of alkyl halides is 3. The zero-order chi connectivity index (χ0) is 14.8. The Balaban J connectivity index is 2.42. The minimum absolute atomic E-state index is 0.337. The van der Waals surface area contributed by atoms with E-state index in [-0.39, 0.29) is 6.04 Å². The second-order valence-corrected chi connectivity index (χ2v) is 4.84. The lowest BCUT2D eigenvalue weighted by Gasteiger charge is -2.19. The molecule has 0 aliphatic rings. The van der Waals surface area contributed by atoms with E-state index >= 15 is 0 Å². The maximum Gasteiger partial charge on any atom is 0.416 e. The molecular formula is C15H13ClF3N. The average Bonchev–Trinajstić information content (AvgIpc) is 2.39. The summed E-state index contributed by atoms with van der Waals surface area (Å²) in [6, 6.07) is 12.0. The van der Waals surface area contributed by atoms with Gasteiger partial charge in [0, 0.05) is 5.02 Å². The van der Waals surface area contributed by atoms with Gasteiger partial charge in [-0.25, -0.2) is 0 Å². The predicted octanol–water partition coefficient (Wildman–Crippen LogP) is 4.67. The molecule has 2 rings (SSSR count). The quantitative estimate of drug-likeness (QED) is 0.868. The van der Waals surface area contributed by atoms with E-state index in [9.17, 15) is 13.2 Å². The Morgan fingerprint density at radius 2 is 1.60 bits per heavy atom. The molecule has 0 saturated carbocycles. The van der Waals surface area contributed by atoms with Crippen LogP contribution in [-0.2, 0) is 6.18 Å². The predicted molar refractivity (Wildman–Crippen MR) is 73.8 cm³/mol. The molecule has 20 heavy (non-hydrogen) atoms. The van der Waals surface area contributed by atoms with Gasteiger partial charge in [-0.15, -0.1) is 0 Å². The third-order valence-electron chi connectivity index (χ3n) is 3.02. The lowest BCUT2D eigenvalue weighted by molar-refractivity contribution is -0.137. The third-order valence-corrected chi connectivity index (χ3v) is 3.25. The largest absolute Gasteiger partial charge is 0.416 e. The van der Waals surface area contributed by atoms with Crippen molar-refractivity contribution in [3.8, 4) is 0 Å². The Morgan fingerprint density at radius 3 is 2.15 bits per heavy atom. The van der Waals surface area contributed by atoms with E-state index in [1.807, 2.05) is 6.07 Å². The molecule has 1 unspecified atom stereocenters. The van der Waals surface area contributed by atoms with Crippen LogP contribution in [0.2, 0.25) is 5.02 Å². The van der Waals surface area contributed by atoms with E-state index < -0.39 is 11.7 Å². The monoisotopic (exact) mass is 299 g/mol. The van der Waals surface area contributed by atoms with E-state index in [4.69, 9.17) is 11.6 Å². The van der Waals surface area contributed by atoms with Crippen LogP contribution >= 0.6 is 11.6 Å². The van der Waals surface area contributed by atoms with E-state index in [1.54, 1.807) is 31.3 Å². The highest BCUT2D eigenvalue weighted by Crippen LogP contribution is 2.32. The van der Waals surface area contributed by atoms with Gasteiger partial charge in [-0.3, -0.25) is 0 Å². The molecular weight excluding hydrogens is 287 g/mol. The van der Waals surface area contributed by atoms with Crippen LogP contribution in [0, 0.1) is 0 Å². The number of halogens is 4. The first-order valence-electron chi connectivity index (χ1n) is 6.01. The first-order valence-corrected chi connectivity index (χ1v) is 6.39. The van der Waals surface area contributed by atoms with Crippen molar-refractivity contribution >= 4 is 11.6 Å². The molecule has 0 amide bonds. The Morgan fingerprint density at radius 1 is 1.00 bits per heavy atom. The molecule has 1 nitrogen and oxygen atoms in total. The molecule has 0 radical (unpaired) electrons. The van der Waals surface area contributed by atoms with Crippen molar-refractivity contribution in [2.24, 2.45) is 0 Å². The van der Waals surface area contributed by atoms with Gasteiger partial charge in [0.05, 0.1) is 11.6 Å². The summed E-state index contributed by atoms with van der Waals surface area (Å²) in [7, 11) is 1.70. The molecule has 0 spiro atoms. The molecule has 2 aromatic rings. The SMILES string of the molecule is CNC(c1cccc(Cl)c1)c1cccc(C(F)(F)F)c1. The molecule has 0 aromatic heterocycles. The van der Waals surface area contributed by atoms with Crippen LogP contribution in [0.15, 0.2) is 48.5 Å². The molecule has 2 aromatic carbocycles. The van der Waals surface area contributed by atoms with Crippen LogP contribution in [0.4, 0.5) is 13.2 Å². The Kier molecular flexibility index (Phi) is 4.35. The average molecular weight is 300 g/mol. The summed E-state index contributed by atoms with van der Waals surface area (Å²) in [5, 5.41) is 3.57. The van der Waals surface area contributed by atoms with Crippen LogP contribution < -0.4 is 5.32 Å². The number of benzene rings is 2. The normalized spacial score (nSPS) is 13.2. The van der Waals surface area contributed by atoms with Crippen LogP contribution in [0.1, 0.15) is 22.7 Å². The van der Waals surface area contributed by atoms with Crippen molar-refractivity contribution in [1.29, 1.82) is 0 Å². The Bertz CT molecular complexity index is 596. The van der Waals surface area contributed by atoms with Gasteiger partial charge in [0.1, 0.15) is 0 Å². The van der Waals surface area contributed by atoms with E-state index in [0.29, 0.717) is 10.6 Å². The number of nitrogens with one attached hydrogen (secondary N) is 1. The fourth-order valence-electron chi connectivity index (χ4n) is 2.11. The Labute approximate surface area is 120 Å². The summed E-state index contributed by atoms with van der Waals surface area (Å²) in [5.41, 5.74) is 0.709. The summed E-state index contributed by atoms with van der Waals surface area (Å²) < 4.78 is 38.3. The molecule has 106 valence electrons. The van der Waals surface area contributed by atoms with Crippen molar-refractivity contribution < 1.29 is 13.2 Å². The minimum Gasteiger partial charge on any atom is -0.309 e. The van der Waals surface area contributed by atoms with Crippen LogP contribution in [-0.4, -0.2) is 7.05 Å². The topological polar surface area (TPSA) is 12.0 Å². The smallest absolute Gasteiger partial charge is 0.309 e. The summed E-state index contributed by atoms with van der Waals surface area (Å²) in [6.45, 7) is 0. The highest BCUT2D eigenvalue weighted by atomic mass is 35.5. The van der Waals surface area contributed by atoms with Gasteiger partial charge in [0.25, 0.3) is 0 Å². The van der Waals surface area contributed by atoms with Gasteiger partial charge in [0.15, 0.2) is 0 Å². The van der Waals surface area contributed by atoms with Crippen molar-refractivity contribution in [3.63, 3.8) is 0 Å². The van der Waals surface area contributed by atoms with Gasteiger partial charge in [0.2, 0.25) is 0 Å². The Hall–Kier alpha value is -1.52. The van der Waals surface area contributed by atoms with E-state index in [2.05, 4.69) is 5.32 Å². The van der Waals surface area contributed by atoms with Gasteiger partial charge in [-0.1, -0.05) is 35.9 Å². The van der Waals surface area contributed by atoms with Gasteiger partial charge >= 0.3 is 6.18 Å². The maximum absolute atomic E-state index is 12.8. The van der Waals surface area contributed by atoms with E-state index in [0.717, 1.165) is 17.7 Å². The first kappa shape index (κ1) is 14.9. The molecule has 1 N–H and O–H groups in total. The number of hydrogen-bond acceptors (Lipinski definition) is 1. The van der Waals surface area contributed by atoms with Crippen LogP contribution in [0.25, 0.3) is 0 Å². The van der Waals surface area contributed by atoms with Gasteiger partial charge in [-0.05, 0) is 42.4 Å². The standard InChI is InChI=1S/C15H13ClF3N/c1-20-14(11-5-3-7-13(16)9-11)10-4-2-6-12(8-10)15(17,18)19/h2-9,14,20H,1H3. The summed E-state index contributed by atoms with van der Waals surface area (Å²) in [6.07, 6.45) is -4.34. The number of rotatable bonds is 3. The van der Waals surface area contributed by atoms with Crippen LogP contribution in [0.3, 0.4) is 0 Å². The molecule has 0 bridgehead atoms. The fourth-order valence-corrected chi connectivity index (χ4v) is 2.31. The summed E-state index contributed by atoms with van der Waals surface area (Å²) >= 11 is 5.93. The van der Waals surface area contributed by atoms with Crippen molar-refractivity contribution in [3.05, 3.63) is 70.2 Å². The zero-order valence-electron chi connectivity index (χ0n) is 10.7. The van der Waals surface area contributed by atoms with Crippen molar-refractivity contribution in [1.82, 2.24) is 5.32 Å². The number of hydrogen-bond donors (Lipinski definition) is 1. The summed E-state index contributed by atoms with van der Waals surface area (Å²) in [5.74, 6) is 0.